The molecule has 0 unspecified atom stereocenters. The van der Waals surface area contributed by atoms with E-state index in [-0.39, 0.29) is 6.10 Å². The summed E-state index contributed by atoms with van der Waals surface area (Å²) in [6.07, 6.45) is 0.0550. The zero-order chi connectivity index (χ0) is 13.0. The standard InChI is InChI=1S/C12H18Cl2O2Si/c1-8(2)15-11-9(12(13)14)6-5-7-10(11)16-17(3)4/h5-8,12,17H,1-4H3. The molecule has 0 aliphatic heterocycles. The van der Waals surface area contributed by atoms with Crippen LogP contribution in [0.5, 0.6) is 11.5 Å². The summed E-state index contributed by atoms with van der Waals surface area (Å²) in [6, 6.07) is 5.63. The SMILES string of the molecule is CC(C)Oc1c(O[SiH](C)C)cccc1C(Cl)Cl. The third kappa shape index (κ3) is 4.41. The van der Waals surface area contributed by atoms with Crippen molar-refractivity contribution in [3.63, 3.8) is 0 Å². The Kier molecular flexibility index (Phi) is 5.63. The zero-order valence-electron chi connectivity index (χ0n) is 10.5. The van der Waals surface area contributed by atoms with Crippen LogP contribution in [-0.4, -0.2) is 15.1 Å². The maximum absolute atomic E-state index is 5.94. The highest BCUT2D eigenvalue weighted by atomic mass is 35.5. The van der Waals surface area contributed by atoms with Gasteiger partial charge >= 0.3 is 0 Å². The van der Waals surface area contributed by atoms with Crippen molar-refractivity contribution < 1.29 is 9.16 Å². The summed E-state index contributed by atoms with van der Waals surface area (Å²) in [4.78, 5) is -0.610. The molecule has 0 saturated carbocycles. The van der Waals surface area contributed by atoms with E-state index in [1.54, 1.807) is 0 Å². The molecular weight excluding hydrogens is 275 g/mol. The molecule has 0 atom stereocenters. The molecule has 0 aromatic heterocycles. The van der Waals surface area contributed by atoms with Gasteiger partial charge < -0.3 is 9.16 Å². The molecule has 17 heavy (non-hydrogen) atoms. The van der Waals surface area contributed by atoms with Gasteiger partial charge in [0.1, 0.15) is 10.6 Å². The number of hydrogen-bond donors (Lipinski definition) is 0. The Morgan fingerprint density at radius 2 is 1.82 bits per heavy atom. The molecule has 0 spiro atoms. The number of rotatable bonds is 5. The number of alkyl halides is 2. The number of hydrogen-bond acceptors (Lipinski definition) is 2. The monoisotopic (exact) mass is 292 g/mol. The first-order valence-corrected chi connectivity index (χ1v) is 9.31. The van der Waals surface area contributed by atoms with Crippen molar-refractivity contribution in [3.05, 3.63) is 23.8 Å². The van der Waals surface area contributed by atoms with E-state index in [0.29, 0.717) is 5.75 Å². The molecule has 0 amide bonds. The summed E-state index contributed by atoms with van der Waals surface area (Å²) in [5.74, 6) is 1.41. The fourth-order valence-electron chi connectivity index (χ4n) is 1.41. The van der Waals surface area contributed by atoms with Gasteiger partial charge in [0.25, 0.3) is 0 Å². The second-order valence-electron chi connectivity index (χ2n) is 4.31. The van der Waals surface area contributed by atoms with E-state index in [9.17, 15) is 0 Å². The van der Waals surface area contributed by atoms with Crippen molar-refractivity contribution in [1.82, 2.24) is 0 Å². The van der Waals surface area contributed by atoms with Crippen LogP contribution in [0, 0.1) is 0 Å². The summed E-state index contributed by atoms with van der Waals surface area (Å²) < 4.78 is 11.6. The van der Waals surface area contributed by atoms with Gasteiger partial charge in [0, 0.05) is 5.56 Å². The van der Waals surface area contributed by atoms with Crippen molar-refractivity contribution in [3.8, 4) is 11.5 Å². The molecule has 2 nitrogen and oxygen atoms in total. The Hall–Kier alpha value is -0.383. The highest BCUT2D eigenvalue weighted by molar-refractivity contribution is 6.49. The van der Waals surface area contributed by atoms with E-state index in [1.807, 2.05) is 32.0 Å². The molecule has 1 aromatic carbocycles. The first-order valence-electron chi connectivity index (χ1n) is 5.66. The van der Waals surface area contributed by atoms with E-state index in [4.69, 9.17) is 32.4 Å². The molecule has 0 aliphatic carbocycles. The minimum Gasteiger partial charge on any atom is -0.544 e. The number of halogens is 2. The van der Waals surface area contributed by atoms with Crippen molar-refractivity contribution in [2.75, 3.05) is 0 Å². The Bertz CT molecular complexity index is 368. The van der Waals surface area contributed by atoms with Gasteiger partial charge in [0.2, 0.25) is 9.04 Å². The maximum atomic E-state index is 5.94. The fraction of sp³-hybridized carbons (Fsp3) is 0.500. The van der Waals surface area contributed by atoms with E-state index in [2.05, 4.69) is 13.1 Å². The number of benzene rings is 1. The molecular formula is C12H18Cl2O2Si. The quantitative estimate of drug-likeness (QED) is 0.595. The van der Waals surface area contributed by atoms with Crippen LogP contribution in [0.15, 0.2) is 18.2 Å². The van der Waals surface area contributed by atoms with E-state index in [0.717, 1.165) is 11.3 Å². The molecule has 0 saturated heterocycles. The normalized spacial score (nSPS) is 11.4. The lowest BCUT2D eigenvalue weighted by molar-refractivity contribution is 0.234. The summed E-state index contributed by atoms with van der Waals surface area (Å²) in [5.41, 5.74) is 0.759. The van der Waals surface area contributed by atoms with Crippen LogP contribution in [0.4, 0.5) is 0 Å². The molecule has 1 rings (SSSR count). The topological polar surface area (TPSA) is 18.5 Å². The minimum absolute atomic E-state index is 0.0550. The average molecular weight is 293 g/mol. The minimum atomic E-state index is -1.19. The first-order chi connectivity index (χ1) is 7.91. The molecule has 0 aliphatic rings. The lowest BCUT2D eigenvalue weighted by atomic mass is 10.2. The van der Waals surface area contributed by atoms with Gasteiger partial charge in [-0.05, 0) is 33.0 Å². The highest BCUT2D eigenvalue weighted by Gasteiger charge is 2.17. The Balaban J connectivity index is 3.14. The van der Waals surface area contributed by atoms with Crippen LogP contribution < -0.4 is 9.16 Å². The van der Waals surface area contributed by atoms with Crippen molar-refractivity contribution in [2.24, 2.45) is 0 Å². The van der Waals surface area contributed by atoms with E-state index < -0.39 is 13.9 Å². The fourth-order valence-corrected chi connectivity index (χ4v) is 2.45. The molecule has 1 aromatic rings. The zero-order valence-corrected chi connectivity index (χ0v) is 13.2. The lowest BCUT2D eigenvalue weighted by Crippen LogP contribution is -2.15. The van der Waals surface area contributed by atoms with Crippen LogP contribution in [0.1, 0.15) is 24.2 Å². The average Bonchev–Trinajstić information content (AvgIpc) is 2.18. The first kappa shape index (κ1) is 14.7. The van der Waals surface area contributed by atoms with Crippen LogP contribution in [0.2, 0.25) is 13.1 Å². The van der Waals surface area contributed by atoms with Crippen molar-refractivity contribution in [2.45, 2.75) is 37.9 Å². The second kappa shape index (κ2) is 6.52. The maximum Gasteiger partial charge on any atom is 0.229 e. The molecule has 0 fully saturated rings. The van der Waals surface area contributed by atoms with Crippen LogP contribution in [-0.2, 0) is 0 Å². The Morgan fingerprint density at radius 3 is 2.29 bits per heavy atom. The van der Waals surface area contributed by atoms with Crippen LogP contribution in [0.3, 0.4) is 0 Å². The third-order valence-corrected chi connectivity index (χ3v) is 3.16. The van der Waals surface area contributed by atoms with Crippen LogP contribution >= 0.6 is 23.2 Å². The van der Waals surface area contributed by atoms with Crippen molar-refractivity contribution >= 4 is 32.2 Å². The van der Waals surface area contributed by atoms with Gasteiger partial charge in [0.15, 0.2) is 5.75 Å². The molecule has 0 N–H and O–H groups in total. The molecule has 0 bridgehead atoms. The third-order valence-electron chi connectivity index (χ3n) is 1.96. The van der Waals surface area contributed by atoms with Gasteiger partial charge in [-0.2, -0.15) is 0 Å². The molecule has 0 radical (unpaired) electrons. The summed E-state index contributed by atoms with van der Waals surface area (Å²) >= 11 is 11.9. The lowest BCUT2D eigenvalue weighted by Gasteiger charge is -2.20. The number of ether oxygens (including phenoxy) is 1. The van der Waals surface area contributed by atoms with Gasteiger partial charge in [-0.25, -0.2) is 0 Å². The largest absolute Gasteiger partial charge is 0.544 e. The predicted octanol–water partition coefficient (Wildman–Crippen LogP) is 4.31. The van der Waals surface area contributed by atoms with Gasteiger partial charge in [0.05, 0.1) is 6.10 Å². The Morgan fingerprint density at radius 1 is 1.18 bits per heavy atom. The Labute approximate surface area is 115 Å². The molecule has 96 valence electrons. The van der Waals surface area contributed by atoms with Gasteiger partial charge in [-0.1, -0.05) is 35.3 Å². The van der Waals surface area contributed by atoms with E-state index in [1.165, 1.54) is 0 Å². The summed E-state index contributed by atoms with van der Waals surface area (Å²) in [7, 11) is -1.19. The summed E-state index contributed by atoms with van der Waals surface area (Å²) in [6.45, 7) is 8.13. The highest BCUT2D eigenvalue weighted by Crippen LogP contribution is 2.40. The predicted molar refractivity (Wildman–Crippen MR) is 76.2 cm³/mol. The summed E-state index contributed by atoms with van der Waals surface area (Å²) in [5, 5.41) is 0. The second-order valence-corrected chi connectivity index (χ2v) is 7.74. The smallest absolute Gasteiger partial charge is 0.229 e. The molecule has 5 heteroatoms. The van der Waals surface area contributed by atoms with Gasteiger partial charge in [-0.3, -0.25) is 0 Å². The van der Waals surface area contributed by atoms with Crippen molar-refractivity contribution in [1.29, 1.82) is 0 Å². The van der Waals surface area contributed by atoms with Gasteiger partial charge in [-0.15, -0.1) is 0 Å². The molecule has 0 heterocycles. The van der Waals surface area contributed by atoms with E-state index >= 15 is 0 Å². The number of para-hydroxylation sites is 1. The van der Waals surface area contributed by atoms with Crippen LogP contribution in [0.25, 0.3) is 0 Å².